The van der Waals surface area contributed by atoms with Crippen molar-refractivity contribution in [3.05, 3.63) is 41.1 Å². The maximum absolute atomic E-state index is 12.5. The van der Waals surface area contributed by atoms with Gasteiger partial charge in [-0.1, -0.05) is 12.1 Å². The average Bonchev–Trinajstić information content (AvgIpc) is 2.51. The summed E-state index contributed by atoms with van der Waals surface area (Å²) in [6.07, 6.45) is -4.90. The van der Waals surface area contributed by atoms with E-state index in [-0.39, 0.29) is 22.5 Å². The first kappa shape index (κ1) is 19.5. The van der Waals surface area contributed by atoms with Crippen LogP contribution in [0, 0.1) is 5.92 Å². The summed E-state index contributed by atoms with van der Waals surface area (Å²) >= 11 is 0. The van der Waals surface area contributed by atoms with Crippen molar-refractivity contribution in [1.82, 2.24) is 0 Å². The molecule has 0 spiro atoms. The lowest BCUT2D eigenvalue weighted by Crippen LogP contribution is -2.35. The summed E-state index contributed by atoms with van der Waals surface area (Å²) in [6, 6.07) is 4.87. The number of allylic oxidation sites excluding steroid dienone is 1. The summed E-state index contributed by atoms with van der Waals surface area (Å²) in [7, 11) is 1.13. The molecule has 0 amide bonds. The zero-order valence-electron chi connectivity index (χ0n) is 14.1. The predicted octanol–water partition coefficient (Wildman–Crippen LogP) is 3.29. The van der Waals surface area contributed by atoms with Crippen LogP contribution in [0.25, 0.3) is 0 Å². The smallest absolute Gasteiger partial charge is 0.481 e. The Kier molecular flexibility index (Phi) is 5.38. The molecule has 2 rings (SSSR count). The summed E-state index contributed by atoms with van der Waals surface area (Å²) < 4.78 is 46.1. The second-order valence-electron chi connectivity index (χ2n) is 5.66. The third-order valence-corrected chi connectivity index (χ3v) is 3.95. The van der Waals surface area contributed by atoms with Crippen molar-refractivity contribution >= 4 is 17.7 Å². The van der Waals surface area contributed by atoms with Gasteiger partial charge < -0.3 is 14.6 Å². The van der Waals surface area contributed by atoms with Crippen LogP contribution in [0.3, 0.4) is 0 Å². The number of esters is 1. The van der Waals surface area contributed by atoms with Crippen LogP contribution < -0.4 is 4.74 Å². The third kappa shape index (κ3) is 4.04. The number of carboxylic acids is 1. The first-order valence-electron chi connectivity index (χ1n) is 7.48. The van der Waals surface area contributed by atoms with Gasteiger partial charge in [0, 0.05) is 17.3 Å². The maximum atomic E-state index is 12.5. The average molecular weight is 371 g/mol. The normalized spacial score (nSPS) is 20.5. The fourth-order valence-corrected chi connectivity index (χ4v) is 3.00. The molecule has 0 aromatic heterocycles. The number of aliphatic carboxylic acids is 1. The van der Waals surface area contributed by atoms with E-state index in [1.54, 1.807) is 0 Å². The van der Waals surface area contributed by atoms with E-state index in [2.05, 4.69) is 9.73 Å². The zero-order chi connectivity index (χ0) is 19.6. The number of ether oxygens (including phenoxy) is 2. The van der Waals surface area contributed by atoms with Gasteiger partial charge in [-0.05, 0) is 31.5 Å². The number of methoxy groups -OCH3 is 1. The van der Waals surface area contributed by atoms with Crippen LogP contribution in [0.1, 0.15) is 25.3 Å². The summed E-state index contributed by atoms with van der Waals surface area (Å²) in [5, 5.41) is 9.59. The van der Waals surface area contributed by atoms with Crippen LogP contribution in [0.5, 0.6) is 5.75 Å². The molecule has 1 aliphatic heterocycles. The molecule has 6 nitrogen and oxygen atoms in total. The molecule has 2 unspecified atom stereocenters. The molecular formula is C17H16F3NO5. The highest BCUT2D eigenvalue weighted by Gasteiger charge is 2.41. The molecule has 0 radical (unpaired) electrons. The van der Waals surface area contributed by atoms with E-state index < -0.39 is 35.9 Å². The molecule has 1 aromatic rings. The van der Waals surface area contributed by atoms with Gasteiger partial charge in [0.15, 0.2) is 0 Å². The lowest BCUT2D eigenvalue weighted by atomic mass is 9.75. The molecule has 9 heteroatoms. The largest absolute Gasteiger partial charge is 0.573 e. The molecule has 0 fully saturated rings. The lowest BCUT2D eigenvalue weighted by molar-refractivity contribution is -0.274. The fourth-order valence-electron chi connectivity index (χ4n) is 3.00. The van der Waals surface area contributed by atoms with E-state index >= 15 is 0 Å². The minimum absolute atomic E-state index is 0.0188. The van der Waals surface area contributed by atoms with Crippen molar-refractivity contribution < 1.29 is 37.3 Å². The van der Waals surface area contributed by atoms with Gasteiger partial charge in [-0.25, -0.2) is 4.79 Å². The van der Waals surface area contributed by atoms with Crippen molar-refractivity contribution in [2.24, 2.45) is 10.9 Å². The van der Waals surface area contributed by atoms with Crippen LogP contribution >= 0.6 is 0 Å². The molecule has 26 heavy (non-hydrogen) atoms. The van der Waals surface area contributed by atoms with Crippen LogP contribution in [0.15, 0.2) is 40.5 Å². The maximum Gasteiger partial charge on any atom is 0.573 e. The van der Waals surface area contributed by atoms with Crippen molar-refractivity contribution in [3.63, 3.8) is 0 Å². The SMILES string of the molecule is COC(=O)C1=C(C)N=C(C)C(C(=O)O)C1c1cccc(OC(F)(F)F)c1. The van der Waals surface area contributed by atoms with Gasteiger partial charge in [0.2, 0.25) is 0 Å². The number of halogens is 3. The van der Waals surface area contributed by atoms with E-state index in [9.17, 15) is 27.9 Å². The molecule has 1 heterocycles. The summed E-state index contributed by atoms with van der Waals surface area (Å²) in [5.74, 6) is -4.85. The van der Waals surface area contributed by atoms with Gasteiger partial charge in [-0.2, -0.15) is 0 Å². The topological polar surface area (TPSA) is 85.2 Å². The molecular weight excluding hydrogens is 355 g/mol. The Hall–Kier alpha value is -2.84. The second kappa shape index (κ2) is 7.19. The molecule has 0 bridgehead atoms. The molecule has 0 saturated heterocycles. The lowest BCUT2D eigenvalue weighted by Gasteiger charge is -2.30. The van der Waals surface area contributed by atoms with E-state index in [4.69, 9.17) is 4.74 Å². The molecule has 0 saturated carbocycles. The summed E-state index contributed by atoms with van der Waals surface area (Å²) in [6.45, 7) is 3.00. The number of carbonyl (C=O) groups excluding carboxylic acids is 1. The van der Waals surface area contributed by atoms with Crippen molar-refractivity contribution in [2.45, 2.75) is 26.1 Å². The number of rotatable bonds is 4. The van der Waals surface area contributed by atoms with Crippen molar-refractivity contribution in [1.29, 1.82) is 0 Å². The van der Waals surface area contributed by atoms with Crippen molar-refractivity contribution in [3.8, 4) is 5.75 Å². The first-order chi connectivity index (χ1) is 12.0. The third-order valence-electron chi connectivity index (χ3n) is 3.95. The van der Waals surface area contributed by atoms with Gasteiger partial charge in [0.05, 0.1) is 12.7 Å². The highest BCUT2D eigenvalue weighted by atomic mass is 19.4. The van der Waals surface area contributed by atoms with Crippen LogP contribution in [0.2, 0.25) is 0 Å². The van der Waals surface area contributed by atoms with Crippen LogP contribution in [-0.2, 0) is 14.3 Å². The van der Waals surface area contributed by atoms with Gasteiger partial charge >= 0.3 is 18.3 Å². The Morgan fingerprint density at radius 3 is 2.42 bits per heavy atom. The Morgan fingerprint density at radius 1 is 1.23 bits per heavy atom. The monoisotopic (exact) mass is 371 g/mol. The number of carbonyl (C=O) groups is 2. The second-order valence-corrected chi connectivity index (χ2v) is 5.66. The standard InChI is InChI=1S/C17H16F3NO5/c1-8-12(15(22)23)14(13(9(2)21-8)16(24)25-3)10-5-4-6-11(7-10)26-17(18,19)20/h4-7,12,14H,1-3H3,(H,22,23). The van der Waals surface area contributed by atoms with Gasteiger partial charge in [-0.15, -0.1) is 13.2 Å². The molecule has 1 aliphatic rings. The minimum atomic E-state index is -4.90. The molecule has 140 valence electrons. The van der Waals surface area contributed by atoms with E-state index in [0.717, 1.165) is 19.2 Å². The van der Waals surface area contributed by atoms with E-state index in [1.165, 1.54) is 26.0 Å². The minimum Gasteiger partial charge on any atom is -0.481 e. The van der Waals surface area contributed by atoms with Gasteiger partial charge in [0.25, 0.3) is 0 Å². The number of hydrogen-bond acceptors (Lipinski definition) is 5. The van der Waals surface area contributed by atoms with Crippen LogP contribution in [-0.4, -0.2) is 36.2 Å². The van der Waals surface area contributed by atoms with Gasteiger partial charge in [0.1, 0.15) is 11.7 Å². The zero-order valence-corrected chi connectivity index (χ0v) is 14.1. The highest BCUT2D eigenvalue weighted by molar-refractivity contribution is 6.06. The van der Waals surface area contributed by atoms with Crippen LogP contribution in [0.4, 0.5) is 13.2 Å². The predicted molar refractivity (Wildman–Crippen MR) is 84.8 cm³/mol. The molecule has 2 atom stereocenters. The number of nitrogens with zero attached hydrogens (tertiary/aromatic N) is 1. The number of hydrogen-bond donors (Lipinski definition) is 1. The quantitative estimate of drug-likeness (QED) is 0.821. The Balaban J connectivity index is 2.61. The summed E-state index contributed by atoms with van der Waals surface area (Å²) in [5.41, 5.74) is 0.636. The number of aliphatic imine (C=N–C) groups is 1. The number of alkyl halides is 3. The van der Waals surface area contributed by atoms with Crippen molar-refractivity contribution in [2.75, 3.05) is 7.11 Å². The Morgan fingerprint density at radius 2 is 1.88 bits per heavy atom. The summed E-state index contributed by atoms with van der Waals surface area (Å²) in [4.78, 5) is 28.1. The van der Waals surface area contributed by atoms with E-state index in [1.807, 2.05) is 0 Å². The van der Waals surface area contributed by atoms with Gasteiger partial charge in [-0.3, -0.25) is 9.79 Å². The number of benzene rings is 1. The first-order valence-corrected chi connectivity index (χ1v) is 7.48. The van der Waals surface area contributed by atoms with E-state index in [0.29, 0.717) is 0 Å². The number of carboxylic acid groups (broad SMARTS) is 1. The highest BCUT2D eigenvalue weighted by Crippen LogP contribution is 2.40. The fraction of sp³-hybridized carbons (Fsp3) is 0.353. The Bertz CT molecular complexity index is 798. The molecule has 0 aliphatic carbocycles. The molecule has 1 aromatic carbocycles. The molecule has 1 N–H and O–H groups in total. The Labute approximate surface area is 146 Å².